The van der Waals surface area contributed by atoms with E-state index < -0.39 is 35.2 Å². The van der Waals surface area contributed by atoms with Crippen LogP contribution in [0.5, 0.6) is 5.75 Å². The van der Waals surface area contributed by atoms with Crippen LogP contribution in [0.4, 0.5) is 4.79 Å². The van der Waals surface area contributed by atoms with Gasteiger partial charge in [-0.3, -0.25) is 9.59 Å². The first-order chi connectivity index (χ1) is 13.6. The van der Waals surface area contributed by atoms with Crippen LogP contribution in [-0.4, -0.2) is 57.9 Å². The van der Waals surface area contributed by atoms with Crippen molar-refractivity contribution in [3.8, 4) is 5.75 Å². The Hall–Kier alpha value is -2.42. The summed E-state index contributed by atoms with van der Waals surface area (Å²) in [5.74, 6) is -0.828. The topological polar surface area (TPSA) is 108 Å². The number of likely N-dealkylation sites (N-methyl/N-ethyl adjacent to an activating group) is 1. The van der Waals surface area contributed by atoms with Gasteiger partial charge < -0.3 is 25.4 Å². The number of aromatic hydroxyl groups is 1. The van der Waals surface area contributed by atoms with Gasteiger partial charge in [-0.05, 0) is 59.2 Å². The standard InChI is InChI=1S/C21H33N3O5S/c1-20(2,3)23-17(26)16(13-8-10-14(25)11-9-13)24(7)18(27)15(12-30)22-19(28)29-21(4,5)6/h8-11,15-16,25,30H,12H2,1-7H3,(H,22,28)(H,23,26). The molecule has 0 bridgehead atoms. The number of amides is 3. The quantitative estimate of drug-likeness (QED) is 0.510. The highest BCUT2D eigenvalue weighted by atomic mass is 32.1. The number of carbonyl (C=O) groups is 3. The molecule has 0 saturated heterocycles. The molecule has 0 aliphatic carbocycles. The van der Waals surface area contributed by atoms with Gasteiger partial charge in [0, 0.05) is 18.3 Å². The van der Waals surface area contributed by atoms with Gasteiger partial charge in [0.1, 0.15) is 23.4 Å². The van der Waals surface area contributed by atoms with Crippen molar-refractivity contribution in [2.75, 3.05) is 12.8 Å². The lowest BCUT2D eigenvalue weighted by Crippen LogP contribution is -2.54. The van der Waals surface area contributed by atoms with Crippen molar-refractivity contribution in [1.29, 1.82) is 0 Å². The van der Waals surface area contributed by atoms with E-state index in [0.717, 1.165) is 0 Å². The molecule has 3 N–H and O–H groups in total. The minimum absolute atomic E-state index is 0.0194. The Balaban J connectivity index is 3.15. The van der Waals surface area contributed by atoms with Crippen LogP contribution in [0.15, 0.2) is 24.3 Å². The van der Waals surface area contributed by atoms with E-state index in [1.807, 2.05) is 20.8 Å². The van der Waals surface area contributed by atoms with E-state index in [1.165, 1.54) is 24.1 Å². The predicted molar refractivity (Wildman–Crippen MR) is 119 cm³/mol. The maximum atomic E-state index is 13.1. The summed E-state index contributed by atoms with van der Waals surface area (Å²) < 4.78 is 5.21. The Kier molecular flexibility index (Phi) is 8.59. The van der Waals surface area contributed by atoms with Crippen molar-refractivity contribution in [1.82, 2.24) is 15.5 Å². The van der Waals surface area contributed by atoms with Gasteiger partial charge in [0.15, 0.2) is 0 Å². The van der Waals surface area contributed by atoms with Gasteiger partial charge in [-0.25, -0.2) is 4.79 Å². The van der Waals surface area contributed by atoms with E-state index in [4.69, 9.17) is 4.74 Å². The second-order valence-corrected chi connectivity index (χ2v) is 9.43. The van der Waals surface area contributed by atoms with Gasteiger partial charge in [-0.1, -0.05) is 12.1 Å². The number of nitrogens with one attached hydrogen (secondary N) is 2. The highest BCUT2D eigenvalue weighted by molar-refractivity contribution is 7.80. The van der Waals surface area contributed by atoms with Crippen LogP contribution in [0.3, 0.4) is 0 Å². The van der Waals surface area contributed by atoms with E-state index in [2.05, 4.69) is 23.3 Å². The van der Waals surface area contributed by atoms with E-state index in [9.17, 15) is 19.5 Å². The molecule has 8 nitrogen and oxygen atoms in total. The van der Waals surface area contributed by atoms with Crippen LogP contribution in [0.2, 0.25) is 0 Å². The molecule has 1 aromatic rings. The highest BCUT2D eigenvalue weighted by Crippen LogP contribution is 2.24. The summed E-state index contributed by atoms with van der Waals surface area (Å²) in [6.07, 6.45) is -0.747. The maximum absolute atomic E-state index is 13.1. The van der Waals surface area contributed by atoms with Crippen molar-refractivity contribution in [2.45, 2.75) is 64.8 Å². The SMILES string of the molecule is CN(C(=O)C(CS)NC(=O)OC(C)(C)C)C(C(=O)NC(C)(C)C)c1ccc(O)cc1. The molecule has 0 aliphatic heterocycles. The molecular formula is C21H33N3O5S. The molecule has 0 aromatic heterocycles. The van der Waals surface area contributed by atoms with Crippen molar-refractivity contribution in [2.24, 2.45) is 0 Å². The Morgan fingerprint density at radius 2 is 1.63 bits per heavy atom. The van der Waals surface area contributed by atoms with Crippen LogP contribution in [0.25, 0.3) is 0 Å². The maximum Gasteiger partial charge on any atom is 0.408 e. The van der Waals surface area contributed by atoms with Gasteiger partial charge in [0.25, 0.3) is 0 Å². The first-order valence-corrected chi connectivity index (χ1v) is 10.3. The zero-order valence-electron chi connectivity index (χ0n) is 18.6. The van der Waals surface area contributed by atoms with Crippen LogP contribution in [0.1, 0.15) is 53.1 Å². The number of phenolic OH excluding ortho intramolecular Hbond substituents is 1. The Bertz CT molecular complexity index is 753. The lowest BCUT2D eigenvalue weighted by Gasteiger charge is -2.33. The summed E-state index contributed by atoms with van der Waals surface area (Å²) in [7, 11) is 1.48. The first kappa shape index (κ1) is 25.6. The first-order valence-electron chi connectivity index (χ1n) is 9.62. The summed E-state index contributed by atoms with van der Waals surface area (Å²) >= 11 is 4.17. The Labute approximate surface area is 183 Å². The lowest BCUT2D eigenvalue weighted by molar-refractivity contribution is -0.141. The molecule has 2 atom stereocenters. The smallest absolute Gasteiger partial charge is 0.408 e. The number of rotatable bonds is 6. The second-order valence-electron chi connectivity index (χ2n) is 9.06. The number of hydrogen-bond donors (Lipinski definition) is 4. The van der Waals surface area contributed by atoms with Crippen LogP contribution in [-0.2, 0) is 14.3 Å². The summed E-state index contributed by atoms with van der Waals surface area (Å²) in [4.78, 5) is 39.5. The van der Waals surface area contributed by atoms with Crippen molar-refractivity contribution < 1.29 is 24.2 Å². The summed E-state index contributed by atoms with van der Waals surface area (Å²) in [6.45, 7) is 10.7. The monoisotopic (exact) mass is 439 g/mol. The molecule has 168 valence electrons. The summed E-state index contributed by atoms with van der Waals surface area (Å²) in [6, 6.07) is 4.07. The fourth-order valence-electron chi connectivity index (χ4n) is 2.65. The highest BCUT2D eigenvalue weighted by Gasteiger charge is 2.34. The second kappa shape index (κ2) is 10.1. The largest absolute Gasteiger partial charge is 0.508 e. The van der Waals surface area contributed by atoms with Crippen molar-refractivity contribution in [3.63, 3.8) is 0 Å². The number of phenols is 1. The molecule has 30 heavy (non-hydrogen) atoms. The summed E-state index contributed by atoms with van der Waals surface area (Å²) in [5.41, 5.74) is -0.726. The third-order valence-corrected chi connectivity index (χ3v) is 4.23. The number of ether oxygens (including phenoxy) is 1. The normalized spacial score (nSPS) is 13.7. The minimum atomic E-state index is -0.991. The molecule has 1 rings (SSSR count). The van der Waals surface area contributed by atoms with Gasteiger partial charge in [-0.15, -0.1) is 0 Å². The van der Waals surface area contributed by atoms with E-state index in [1.54, 1.807) is 32.9 Å². The average Bonchev–Trinajstić information content (AvgIpc) is 2.57. The number of hydrogen-bond acceptors (Lipinski definition) is 6. The van der Waals surface area contributed by atoms with Gasteiger partial charge in [0.2, 0.25) is 11.8 Å². The van der Waals surface area contributed by atoms with E-state index >= 15 is 0 Å². The zero-order valence-corrected chi connectivity index (χ0v) is 19.5. The molecule has 0 saturated carbocycles. The molecule has 0 radical (unpaired) electrons. The molecular weight excluding hydrogens is 406 g/mol. The number of benzene rings is 1. The third-order valence-electron chi connectivity index (χ3n) is 3.86. The Morgan fingerprint density at radius 1 is 1.10 bits per heavy atom. The van der Waals surface area contributed by atoms with Crippen molar-refractivity contribution >= 4 is 30.5 Å². The zero-order chi connectivity index (χ0) is 23.3. The predicted octanol–water partition coefficient (Wildman–Crippen LogP) is 2.63. The van der Waals surface area contributed by atoms with Crippen LogP contribution in [0, 0.1) is 0 Å². The third kappa shape index (κ3) is 8.14. The van der Waals surface area contributed by atoms with Crippen LogP contribution >= 0.6 is 12.6 Å². The molecule has 0 aliphatic rings. The number of alkyl carbamates (subject to hydrolysis) is 1. The fraction of sp³-hybridized carbons (Fsp3) is 0.571. The minimum Gasteiger partial charge on any atom is -0.508 e. The Morgan fingerprint density at radius 3 is 2.07 bits per heavy atom. The fourth-order valence-corrected chi connectivity index (χ4v) is 2.90. The molecule has 3 amide bonds. The van der Waals surface area contributed by atoms with Crippen LogP contribution < -0.4 is 10.6 Å². The molecule has 0 fully saturated rings. The number of carbonyl (C=O) groups excluding carboxylic acids is 3. The van der Waals surface area contributed by atoms with Crippen molar-refractivity contribution in [3.05, 3.63) is 29.8 Å². The molecule has 0 heterocycles. The molecule has 2 unspecified atom stereocenters. The number of thiol groups is 1. The molecule has 1 aromatic carbocycles. The van der Waals surface area contributed by atoms with Gasteiger partial charge >= 0.3 is 6.09 Å². The summed E-state index contributed by atoms with van der Waals surface area (Å²) in [5, 5.41) is 15.0. The van der Waals surface area contributed by atoms with E-state index in [-0.39, 0.29) is 17.4 Å². The molecule has 9 heteroatoms. The average molecular weight is 440 g/mol. The molecule has 0 spiro atoms. The van der Waals surface area contributed by atoms with Gasteiger partial charge in [-0.2, -0.15) is 12.6 Å². The van der Waals surface area contributed by atoms with E-state index in [0.29, 0.717) is 5.56 Å². The number of nitrogens with zero attached hydrogens (tertiary/aromatic N) is 1. The van der Waals surface area contributed by atoms with Gasteiger partial charge in [0.05, 0.1) is 0 Å². The lowest BCUT2D eigenvalue weighted by atomic mass is 10.0.